The molecule has 0 radical (unpaired) electrons. The van der Waals surface area contributed by atoms with E-state index in [-0.39, 0.29) is 42.7 Å². The molecule has 58 heavy (non-hydrogen) atoms. The second-order valence-electron chi connectivity index (χ2n) is 16.8. The molecule has 8 heteroatoms. The lowest BCUT2D eigenvalue weighted by Gasteiger charge is -2.34. The number of aliphatic carboxylic acids is 1. The zero-order valence-corrected chi connectivity index (χ0v) is 37.9. The molecule has 8 nitrogen and oxygen atoms in total. The van der Waals surface area contributed by atoms with Crippen LogP contribution in [0.5, 0.6) is 0 Å². The Morgan fingerprint density at radius 1 is 0.517 bits per heavy atom. The molecule has 0 N–H and O–H groups in total. The van der Waals surface area contributed by atoms with Crippen molar-refractivity contribution >= 4 is 17.9 Å². The molecule has 0 rings (SSSR count). The number of carbonyl (C=O) groups excluding carboxylic acids is 3. The molecule has 0 spiro atoms. The maximum absolute atomic E-state index is 12.7. The van der Waals surface area contributed by atoms with Crippen molar-refractivity contribution in [3.63, 3.8) is 0 Å². The number of quaternary nitrogens is 1. The molecule has 0 aliphatic rings. The Hall–Kier alpha value is -2.97. The summed E-state index contributed by atoms with van der Waals surface area (Å²) in [7, 11) is 5.40. The summed E-state index contributed by atoms with van der Waals surface area (Å²) < 4.78 is 17.2. The Kier molecular flexibility index (Phi) is 38.7. The number of esters is 2. The molecule has 0 aliphatic carbocycles. The maximum atomic E-state index is 12.7. The van der Waals surface area contributed by atoms with Gasteiger partial charge in [-0.2, -0.15) is 0 Å². The molecule has 0 aliphatic heterocycles. The van der Waals surface area contributed by atoms with E-state index in [9.17, 15) is 19.5 Å². The molecular weight excluding hydrogens is 727 g/mol. The molecule has 0 aromatic heterocycles. The summed E-state index contributed by atoms with van der Waals surface area (Å²) in [5.41, 5.74) is 0. The molecule has 0 bridgehead atoms. The van der Waals surface area contributed by atoms with Crippen LogP contribution < -0.4 is 5.11 Å². The molecule has 0 saturated heterocycles. The fourth-order valence-electron chi connectivity index (χ4n) is 6.63. The summed E-state index contributed by atoms with van der Waals surface area (Å²) in [6.45, 7) is 4.55. The lowest BCUT2D eigenvalue weighted by Crippen LogP contribution is -2.55. The number of rotatable bonds is 41. The molecule has 2 unspecified atom stereocenters. The molecule has 0 aromatic carbocycles. The zero-order valence-electron chi connectivity index (χ0n) is 37.9. The van der Waals surface area contributed by atoms with Crippen molar-refractivity contribution in [2.24, 2.45) is 0 Å². The summed E-state index contributed by atoms with van der Waals surface area (Å²) in [6.07, 6.45) is 49.5. The van der Waals surface area contributed by atoms with Gasteiger partial charge in [-0.3, -0.25) is 9.59 Å². The van der Waals surface area contributed by atoms with Crippen LogP contribution in [0.2, 0.25) is 0 Å². The third-order valence-electron chi connectivity index (χ3n) is 10.3. The SMILES string of the molecule is CCC/C=C/C=C/C=C/C=C/C=C/CCCCCCCC(=O)OC(COCCC(C(=O)[O-])[N+](C)(C)C)COC(=O)CCCCCCCCCCCCCCCCCC. The van der Waals surface area contributed by atoms with Crippen LogP contribution in [-0.2, 0) is 28.6 Å². The summed E-state index contributed by atoms with van der Waals surface area (Å²) >= 11 is 0. The Morgan fingerprint density at radius 2 is 0.948 bits per heavy atom. The van der Waals surface area contributed by atoms with E-state index in [0.717, 1.165) is 64.2 Å². The van der Waals surface area contributed by atoms with E-state index in [4.69, 9.17) is 14.2 Å². The quantitative estimate of drug-likeness (QED) is 0.0262. The molecule has 0 saturated carbocycles. The van der Waals surface area contributed by atoms with Gasteiger partial charge in [-0.15, -0.1) is 0 Å². The van der Waals surface area contributed by atoms with Crippen molar-refractivity contribution in [1.29, 1.82) is 0 Å². The zero-order chi connectivity index (χ0) is 42.8. The van der Waals surface area contributed by atoms with Crippen LogP contribution in [0.15, 0.2) is 60.8 Å². The van der Waals surface area contributed by atoms with Crippen molar-refractivity contribution in [3.8, 4) is 0 Å². The van der Waals surface area contributed by atoms with Gasteiger partial charge in [0, 0.05) is 19.3 Å². The summed E-state index contributed by atoms with van der Waals surface area (Å²) in [5.74, 6) is -1.77. The van der Waals surface area contributed by atoms with Crippen molar-refractivity contribution in [2.45, 2.75) is 199 Å². The highest BCUT2D eigenvalue weighted by atomic mass is 16.6. The number of likely N-dealkylation sites (N-methyl/N-ethyl adjacent to an activating group) is 1. The van der Waals surface area contributed by atoms with E-state index in [1.165, 1.54) is 89.9 Å². The largest absolute Gasteiger partial charge is 0.544 e. The van der Waals surface area contributed by atoms with E-state index in [1.807, 2.05) is 36.5 Å². The first-order valence-electron chi connectivity index (χ1n) is 23.4. The number of hydrogen-bond acceptors (Lipinski definition) is 7. The first-order chi connectivity index (χ1) is 28.1. The maximum Gasteiger partial charge on any atom is 0.306 e. The normalized spacial score (nSPS) is 13.5. The second-order valence-corrected chi connectivity index (χ2v) is 16.8. The smallest absolute Gasteiger partial charge is 0.306 e. The Labute approximate surface area is 356 Å². The Morgan fingerprint density at radius 3 is 1.41 bits per heavy atom. The number of allylic oxidation sites excluding steroid dienone is 10. The van der Waals surface area contributed by atoms with Gasteiger partial charge in [-0.25, -0.2) is 0 Å². The lowest BCUT2D eigenvalue weighted by molar-refractivity contribution is -0.889. The van der Waals surface area contributed by atoms with Gasteiger partial charge in [-0.1, -0.05) is 197 Å². The number of hydrogen-bond donors (Lipinski definition) is 0. The van der Waals surface area contributed by atoms with Crippen LogP contribution in [0.4, 0.5) is 0 Å². The molecule has 334 valence electrons. The van der Waals surface area contributed by atoms with Crippen molar-refractivity contribution in [3.05, 3.63) is 60.8 Å². The molecule has 0 amide bonds. The van der Waals surface area contributed by atoms with Gasteiger partial charge >= 0.3 is 11.9 Å². The van der Waals surface area contributed by atoms with E-state index >= 15 is 0 Å². The minimum absolute atomic E-state index is 0.0295. The molecule has 0 fully saturated rings. The number of carboxylic acid groups (broad SMARTS) is 1. The van der Waals surface area contributed by atoms with E-state index < -0.39 is 18.1 Å². The standard InChI is InChI=1S/C50H87NO7/c1-6-8-10-12-14-16-18-20-22-24-25-27-29-31-33-35-37-39-41-49(53)58-46(44-56-43-42-47(50(54)55)51(3,4)5)45-57-48(52)40-38-36-34-32-30-28-26-23-21-19-17-15-13-11-9-7-2/h10,12,14,16,18,20,22,24-25,27,46-47H,6-9,11,13,15,17,19,21,23,26,28-45H2,1-5H3/b12-10+,16-14+,20-18+,24-22+,27-25+. The average molecular weight is 814 g/mol. The fraction of sp³-hybridized carbons (Fsp3) is 0.740. The fourth-order valence-corrected chi connectivity index (χ4v) is 6.63. The number of unbranched alkanes of at least 4 members (excludes halogenated alkanes) is 21. The van der Waals surface area contributed by atoms with E-state index in [1.54, 1.807) is 21.1 Å². The molecule has 2 atom stereocenters. The third kappa shape index (κ3) is 38.5. The molecule has 0 aromatic rings. The van der Waals surface area contributed by atoms with Gasteiger partial charge in [0.05, 0.1) is 40.3 Å². The lowest BCUT2D eigenvalue weighted by atomic mass is 10.0. The number of nitrogens with zero attached hydrogens (tertiary/aromatic N) is 1. The highest BCUT2D eigenvalue weighted by Gasteiger charge is 2.25. The van der Waals surface area contributed by atoms with Gasteiger partial charge in [0.2, 0.25) is 0 Å². The van der Waals surface area contributed by atoms with Gasteiger partial charge in [0.25, 0.3) is 0 Å². The van der Waals surface area contributed by atoms with E-state index in [2.05, 4.69) is 38.2 Å². The third-order valence-corrected chi connectivity index (χ3v) is 10.3. The summed E-state index contributed by atoms with van der Waals surface area (Å²) in [6, 6.07) is -0.732. The molecular formula is C50H87NO7. The van der Waals surface area contributed by atoms with Crippen LogP contribution in [0.25, 0.3) is 0 Å². The first-order valence-corrected chi connectivity index (χ1v) is 23.4. The first kappa shape index (κ1) is 55.0. The minimum Gasteiger partial charge on any atom is -0.544 e. The minimum atomic E-state index is -1.13. The monoisotopic (exact) mass is 814 g/mol. The number of carbonyl (C=O) groups is 3. The van der Waals surface area contributed by atoms with Crippen molar-refractivity contribution in [2.75, 3.05) is 41.0 Å². The highest BCUT2D eigenvalue weighted by Crippen LogP contribution is 2.15. The number of ether oxygens (including phenoxy) is 3. The predicted octanol–water partition coefficient (Wildman–Crippen LogP) is 11.6. The Balaban J connectivity index is 4.37. The molecule has 0 heterocycles. The van der Waals surface area contributed by atoms with Crippen LogP contribution in [0.3, 0.4) is 0 Å². The predicted molar refractivity (Wildman–Crippen MR) is 240 cm³/mol. The summed E-state index contributed by atoms with van der Waals surface area (Å²) in [4.78, 5) is 36.9. The summed E-state index contributed by atoms with van der Waals surface area (Å²) in [5, 5.41) is 11.6. The van der Waals surface area contributed by atoms with Crippen molar-refractivity contribution in [1.82, 2.24) is 0 Å². The Bertz CT molecular complexity index is 1130. The number of carboxylic acids is 1. The van der Waals surface area contributed by atoms with Gasteiger partial charge < -0.3 is 28.6 Å². The van der Waals surface area contributed by atoms with Crippen LogP contribution in [0, 0.1) is 0 Å². The highest BCUT2D eigenvalue weighted by molar-refractivity contribution is 5.70. The van der Waals surface area contributed by atoms with E-state index in [0.29, 0.717) is 12.8 Å². The van der Waals surface area contributed by atoms with Crippen LogP contribution in [-0.4, -0.2) is 75.5 Å². The second kappa shape index (κ2) is 40.8. The van der Waals surface area contributed by atoms with Gasteiger partial charge in [-0.05, 0) is 32.1 Å². The van der Waals surface area contributed by atoms with Crippen LogP contribution in [0.1, 0.15) is 187 Å². The topological polar surface area (TPSA) is 102 Å². The van der Waals surface area contributed by atoms with Crippen LogP contribution >= 0.6 is 0 Å². The van der Waals surface area contributed by atoms with Crippen molar-refractivity contribution < 1.29 is 38.2 Å². The van der Waals surface area contributed by atoms with Gasteiger partial charge in [0.1, 0.15) is 12.6 Å². The van der Waals surface area contributed by atoms with Gasteiger partial charge in [0.15, 0.2) is 6.10 Å². The average Bonchev–Trinajstić information content (AvgIpc) is 3.18.